The predicted molar refractivity (Wildman–Crippen MR) is 113 cm³/mol. The summed E-state index contributed by atoms with van der Waals surface area (Å²) in [7, 11) is 4.92. The molecule has 0 aromatic heterocycles. The Morgan fingerprint density at radius 3 is 1.65 bits per heavy atom. The number of carbonyl (C=O) groups is 4. The molecular weight excluding hydrogens is 404 g/mol. The van der Waals surface area contributed by atoms with Crippen LogP contribution in [-0.4, -0.2) is 52.3 Å². The van der Waals surface area contributed by atoms with Crippen molar-refractivity contribution in [1.29, 1.82) is 0 Å². The fourth-order valence-corrected chi connectivity index (χ4v) is 3.61. The first-order valence-electron chi connectivity index (χ1n) is 10.0. The smallest absolute Gasteiger partial charge is 0.323 e. The zero-order valence-electron chi connectivity index (χ0n) is 18.9. The van der Waals surface area contributed by atoms with Gasteiger partial charge in [0.15, 0.2) is 10.8 Å². The summed E-state index contributed by atoms with van der Waals surface area (Å²) in [6.07, 6.45) is 9.99. The van der Waals surface area contributed by atoms with E-state index in [1.54, 1.807) is 37.3 Å². The van der Waals surface area contributed by atoms with Crippen molar-refractivity contribution in [3.05, 3.63) is 36.0 Å². The Bertz CT molecular complexity index is 728. The van der Waals surface area contributed by atoms with Gasteiger partial charge in [-0.1, -0.05) is 36.0 Å². The summed E-state index contributed by atoms with van der Waals surface area (Å²) >= 11 is 0. The van der Waals surface area contributed by atoms with Gasteiger partial charge in [-0.05, 0) is 45.4 Å². The largest absolute Gasteiger partial charge is 0.468 e. The molecule has 1 aliphatic carbocycles. The van der Waals surface area contributed by atoms with E-state index < -0.39 is 34.7 Å². The Morgan fingerprint density at radius 1 is 0.710 bits per heavy atom. The zero-order valence-corrected chi connectivity index (χ0v) is 18.9. The molecule has 0 N–H and O–H groups in total. The van der Waals surface area contributed by atoms with E-state index in [1.807, 2.05) is 0 Å². The molecule has 0 saturated heterocycles. The molecule has 8 heteroatoms. The molecule has 1 rings (SSSR count). The molecule has 172 valence electrons. The quantitative estimate of drug-likeness (QED) is 0.287. The number of rotatable bonds is 4. The van der Waals surface area contributed by atoms with Gasteiger partial charge in [0.2, 0.25) is 0 Å². The summed E-state index contributed by atoms with van der Waals surface area (Å²) in [6, 6.07) is 0. The van der Waals surface area contributed by atoms with E-state index in [4.69, 9.17) is 18.9 Å². The maximum Gasteiger partial charge on any atom is 0.323 e. The Kier molecular flexibility index (Phi) is 10.2. The van der Waals surface area contributed by atoms with Crippen LogP contribution in [0.2, 0.25) is 0 Å². The Labute approximate surface area is 183 Å². The minimum atomic E-state index is -1.49. The summed E-state index contributed by atoms with van der Waals surface area (Å²) < 4.78 is 19.7. The van der Waals surface area contributed by atoms with Crippen LogP contribution in [0.25, 0.3) is 0 Å². The van der Waals surface area contributed by atoms with Crippen molar-refractivity contribution in [3.8, 4) is 0 Å². The van der Waals surface area contributed by atoms with E-state index in [1.165, 1.54) is 28.4 Å². The molecule has 31 heavy (non-hydrogen) atoms. The summed E-state index contributed by atoms with van der Waals surface area (Å²) in [4.78, 5) is 50.3. The lowest BCUT2D eigenvalue weighted by Crippen LogP contribution is -2.41. The van der Waals surface area contributed by atoms with E-state index in [0.29, 0.717) is 12.8 Å². The molecule has 0 atom stereocenters. The molecule has 0 saturated carbocycles. The molecule has 0 unspecified atom stereocenters. The first kappa shape index (κ1) is 26.1. The van der Waals surface area contributed by atoms with Crippen LogP contribution in [0.15, 0.2) is 36.0 Å². The second-order valence-corrected chi connectivity index (χ2v) is 7.48. The van der Waals surface area contributed by atoms with Crippen molar-refractivity contribution in [2.45, 2.75) is 45.4 Å². The van der Waals surface area contributed by atoms with Crippen molar-refractivity contribution in [2.75, 3.05) is 28.4 Å². The third-order valence-corrected chi connectivity index (χ3v) is 5.64. The molecule has 0 fully saturated rings. The molecule has 0 heterocycles. The van der Waals surface area contributed by atoms with E-state index in [2.05, 4.69) is 0 Å². The lowest BCUT2D eigenvalue weighted by molar-refractivity contribution is -0.171. The highest BCUT2D eigenvalue weighted by Gasteiger charge is 2.48. The molecular formula is C23H32O8. The molecule has 8 nitrogen and oxygen atoms in total. The maximum absolute atomic E-state index is 12.6. The molecule has 0 radical (unpaired) electrons. The minimum Gasteiger partial charge on any atom is -0.468 e. The van der Waals surface area contributed by atoms with Crippen molar-refractivity contribution in [1.82, 2.24) is 0 Å². The second-order valence-electron chi connectivity index (χ2n) is 7.48. The first-order chi connectivity index (χ1) is 14.7. The molecule has 0 bridgehead atoms. The molecule has 0 amide bonds. The molecule has 1 aliphatic rings. The van der Waals surface area contributed by atoms with Gasteiger partial charge in [0.1, 0.15) is 0 Å². The van der Waals surface area contributed by atoms with Crippen LogP contribution >= 0.6 is 0 Å². The van der Waals surface area contributed by atoms with E-state index in [0.717, 1.165) is 5.57 Å². The van der Waals surface area contributed by atoms with Crippen LogP contribution in [-0.2, 0) is 38.1 Å². The number of hydrogen-bond acceptors (Lipinski definition) is 8. The predicted octanol–water partition coefficient (Wildman–Crippen LogP) is 3.06. The monoisotopic (exact) mass is 436 g/mol. The number of allylic oxidation sites excluding steroid dienone is 6. The lowest BCUT2D eigenvalue weighted by Gasteiger charge is -2.28. The van der Waals surface area contributed by atoms with Gasteiger partial charge in [0, 0.05) is 0 Å². The highest BCUT2D eigenvalue weighted by atomic mass is 16.6. The van der Waals surface area contributed by atoms with E-state index >= 15 is 0 Å². The van der Waals surface area contributed by atoms with Gasteiger partial charge in [-0.2, -0.15) is 0 Å². The van der Waals surface area contributed by atoms with Gasteiger partial charge in [-0.3, -0.25) is 19.2 Å². The van der Waals surface area contributed by atoms with Crippen molar-refractivity contribution in [3.63, 3.8) is 0 Å². The summed E-state index contributed by atoms with van der Waals surface area (Å²) in [5.41, 5.74) is -2.18. The Morgan fingerprint density at radius 2 is 1.16 bits per heavy atom. The van der Waals surface area contributed by atoms with Crippen molar-refractivity contribution < 1.29 is 38.1 Å². The Hall–Kier alpha value is -2.90. The van der Waals surface area contributed by atoms with Gasteiger partial charge < -0.3 is 18.9 Å². The van der Waals surface area contributed by atoms with E-state index in [9.17, 15) is 19.2 Å². The number of carbonyl (C=O) groups excluding carboxylic acids is 4. The fourth-order valence-electron chi connectivity index (χ4n) is 3.61. The zero-order chi connectivity index (χ0) is 23.5. The number of esters is 4. The third kappa shape index (κ3) is 6.06. The van der Waals surface area contributed by atoms with Crippen LogP contribution in [0, 0.1) is 10.8 Å². The van der Waals surface area contributed by atoms with Crippen molar-refractivity contribution in [2.24, 2.45) is 10.8 Å². The van der Waals surface area contributed by atoms with Gasteiger partial charge in [0.05, 0.1) is 28.4 Å². The average molecular weight is 437 g/mol. The molecule has 0 aromatic carbocycles. The van der Waals surface area contributed by atoms with Crippen LogP contribution < -0.4 is 0 Å². The molecule has 0 aliphatic heterocycles. The minimum absolute atomic E-state index is 0.0747. The molecule has 0 spiro atoms. The maximum atomic E-state index is 12.6. The topological polar surface area (TPSA) is 105 Å². The first-order valence-corrected chi connectivity index (χ1v) is 10.0. The summed E-state index contributed by atoms with van der Waals surface area (Å²) in [5.74, 6) is -2.69. The number of methoxy groups -OCH3 is 4. The standard InChI is InChI=1S/C23H32O8/c1-17-11-15-22(18(24)28-2,19(25)29-3)13-9-7-6-8-10-14-23(16-12-17,20(26)30-4)21(27)31-5/h6-9,12H,10-11,13-16H2,1-5H3/b8-6-,9-7+,17-12+. The number of hydrogen-bond donors (Lipinski definition) is 0. The Balaban J connectivity index is 3.43. The SMILES string of the molecule is COC(=O)C1(C(=O)OC)C/C=C(\C)CCC(C(=O)OC)(C(=O)OC)C/C=C/C=C\CC1. The normalized spacial score (nSPS) is 22.4. The van der Waals surface area contributed by atoms with Crippen molar-refractivity contribution >= 4 is 23.9 Å². The van der Waals surface area contributed by atoms with Crippen LogP contribution in [0.3, 0.4) is 0 Å². The van der Waals surface area contributed by atoms with Crippen LogP contribution in [0.1, 0.15) is 45.4 Å². The van der Waals surface area contributed by atoms with Gasteiger partial charge in [-0.15, -0.1) is 0 Å². The molecule has 0 aromatic rings. The highest BCUT2D eigenvalue weighted by molar-refractivity contribution is 6.01. The fraction of sp³-hybridized carbons (Fsp3) is 0.565. The van der Waals surface area contributed by atoms with Gasteiger partial charge in [-0.25, -0.2) is 0 Å². The summed E-state index contributed by atoms with van der Waals surface area (Å²) in [5, 5.41) is 0. The van der Waals surface area contributed by atoms with Gasteiger partial charge in [0.25, 0.3) is 0 Å². The van der Waals surface area contributed by atoms with E-state index in [-0.39, 0.29) is 25.7 Å². The van der Waals surface area contributed by atoms with Crippen LogP contribution in [0.4, 0.5) is 0 Å². The second kappa shape index (κ2) is 12.1. The third-order valence-electron chi connectivity index (χ3n) is 5.64. The van der Waals surface area contributed by atoms with Gasteiger partial charge >= 0.3 is 23.9 Å². The number of ether oxygens (including phenoxy) is 4. The highest BCUT2D eigenvalue weighted by Crippen LogP contribution is 2.36. The summed E-state index contributed by atoms with van der Waals surface area (Å²) in [6.45, 7) is 1.81. The van der Waals surface area contributed by atoms with Crippen LogP contribution in [0.5, 0.6) is 0 Å². The average Bonchev–Trinajstić information content (AvgIpc) is 2.79. The lowest BCUT2D eigenvalue weighted by atomic mass is 9.77.